The van der Waals surface area contributed by atoms with E-state index >= 15 is 0 Å². The molecule has 8 rings (SSSR count). The molecule has 0 saturated heterocycles. The number of aromatic nitrogens is 6. The number of alkyl halides is 3. The Morgan fingerprint density at radius 1 is 0.653 bits per heavy atom. The van der Waals surface area contributed by atoms with Crippen LogP contribution in [0.3, 0.4) is 0 Å². The second kappa shape index (κ2) is 12.3. The minimum Gasteiger partial charge on any atom is -0.334 e. The standard InChI is InChI=1S/C36H21F3N6O2S2/c1-20-19-40-12-11-26(20)33-43-35(47-45-33)30-18-27(31(49-30)36(37,38)39)21-5-2-6-22(15-21)28-17-24(10-13-41-28)32-42-34(46-44-32)25-8-3-7-23(16-25)29-9-4-14-48-29/h2-19H,1H3. The van der Waals surface area contributed by atoms with Crippen molar-refractivity contribution >= 4 is 22.7 Å². The largest absolute Gasteiger partial charge is 0.426 e. The van der Waals surface area contributed by atoms with Gasteiger partial charge in [0.05, 0.1) is 10.6 Å². The molecule has 13 heteroatoms. The molecule has 0 fully saturated rings. The van der Waals surface area contributed by atoms with Gasteiger partial charge in [-0.1, -0.05) is 46.7 Å². The number of pyridine rings is 2. The molecule has 49 heavy (non-hydrogen) atoms. The van der Waals surface area contributed by atoms with Gasteiger partial charge >= 0.3 is 6.18 Å². The topological polar surface area (TPSA) is 104 Å². The fraction of sp³-hybridized carbons (Fsp3) is 0.0556. The van der Waals surface area contributed by atoms with Crippen LogP contribution in [0, 0.1) is 6.92 Å². The first-order valence-corrected chi connectivity index (χ1v) is 16.5. The molecule has 0 aliphatic rings. The summed E-state index contributed by atoms with van der Waals surface area (Å²) in [5.41, 5.74) is 5.47. The summed E-state index contributed by atoms with van der Waals surface area (Å²) in [4.78, 5) is 18.1. The van der Waals surface area contributed by atoms with E-state index in [0.29, 0.717) is 51.0 Å². The van der Waals surface area contributed by atoms with Crippen LogP contribution in [0.25, 0.3) is 77.8 Å². The third-order valence-electron chi connectivity index (χ3n) is 7.72. The van der Waals surface area contributed by atoms with Gasteiger partial charge in [-0.3, -0.25) is 9.97 Å². The monoisotopic (exact) mass is 690 g/mol. The van der Waals surface area contributed by atoms with Gasteiger partial charge in [0.25, 0.3) is 11.8 Å². The molecule has 0 atom stereocenters. The van der Waals surface area contributed by atoms with Crippen LogP contribution >= 0.6 is 22.7 Å². The van der Waals surface area contributed by atoms with E-state index in [1.165, 1.54) is 6.07 Å². The smallest absolute Gasteiger partial charge is 0.334 e. The first kappa shape index (κ1) is 30.5. The van der Waals surface area contributed by atoms with Crippen molar-refractivity contribution in [2.24, 2.45) is 0 Å². The van der Waals surface area contributed by atoms with Gasteiger partial charge in [0, 0.05) is 51.3 Å². The van der Waals surface area contributed by atoms with Gasteiger partial charge in [0.15, 0.2) is 0 Å². The molecule has 2 aromatic carbocycles. The summed E-state index contributed by atoms with van der Waals surface area (Å²) < 4.78 is 54.1. The average Bonchev–Trinajstić information content (AvgIpc) is 3.95. The molecule has 0 amide bonds. The highest BCUT2D eigenvalue weighted by Crippen LogP contribution is 2.46. The fourth-order valence-corrected chi connectivity index (χ4v) is 7.05. The first-order valence-electron chi connectivity index (χ1n) is 14.8. The molecule has 0 saturated carbocycles. The van der Waals surface area contributed by atoms with Gasteiger partial charge < -0.3 is 9.05 Å². The molecule has 0 bridgehead atoms. The highest BCUT2D eigenvalue weighted by Gasteiger charge is 2.37. The Labute approximate surface area is 284 Å². The third kappa shape index (κ3) is 6.05. The molecule has 6 heterocycles. The zero-order chi connectivity index (χ0) is 33.5. The van der Waals surface area contributed by atoms with Crippen LogP contribution in [0.1, 0.15) is 10.4 Å². The van der Waals surface area contributed by atoms with Crippen molar-refractivity contribution < 1.29 is 22.2 Å². The van der Waals surface area contributed by atoms with Crippen molar-refractivity contribution in [3.8, 4) is 77.8 Å². The molecular formula is C36H21F3N6O2S2. The summed E-state index contributed by atoms with van der Waals surface area (Å²) in [6.45, 7) is 1.84. The van der Waals surface area contributed by atoms with Gasteiger partial charge in [-0.15, -0.1) is 22.7 Å². The quantitative estimate of drug-likeness (QED) is 0.163. The first-order chi connectivity index (χ1) is 23.8. The molecular weight excluding hydrogens is 670 g/mol. The van der Waals surface area contributed by atoms with E-state index in [-0.39, 0.29) is 22.2 Å². The van der Waals surface area contributed by atoms with Gasteiger partial charge in [-0.05, 0) is 77.5 Å². The summed E-state index contributed by atoms with van der Waals surface area (Å²) in [6, 6.07) is 25.4. The Morgan fingerprint density at radius 2 is 1.41 bits per heavy atom. The summed E-state index contributed by atoms with van der Waals surface area (Å²) in [6.07, 6.45) is 0.232. The maximum atomic E-state index is 14.4. The Balaban J connectivity index is 1.10. The zero-order valence-electron chi connectivity index (χ0n) is 25.3. The van der Waals surface area contributed by atoms with Crippen molar-refractivity contribution in [2.45, 2.75) is 13.1 Å². The summed E-state index contributed by atoms with van der Waals surface area (Å²) in [5, 5.41) is 10.2. The van der Waals surface area contributed by atoms with Crippen LogP contribution in [0.15, 0.2) is 118 Å². The SMILES string of the molecule is Cc1cnccc1-c1noc(-c2cc(-c3cccc(-c4cc(-c5noc(-c6cccc(-c7cccs7)c6)n5)ccn4)c3)c(C(F)(F)F)s2)n1. The van der Waals surface area contributed by atoms with E-state index in [2.05, 4.69) is 30.2 Å². The van der Waals surface area contributed by atoms with Crippen molar-refractivity contribution in [1.29, 1.82) is 0 Å². The van der Waals surface area contributed by atoms with Crippen LogP contribution in [-0.4, -0.2) is 30.2 Å². The van der Waals surface area contributed by atoms with Gasteiger partial charge in [0.2, 0.25) is 11.6 Å². The van der Waals surface area contributed by atoms with E-state index in [1.54, 1.807) is 72.4 Å². The van der Waals surface area contributed by atoms with E-state index in [1.807, 2.05) is 48.7 Å². The molecule has 0 unspecified atom stereocenters. The number of thiophene rings is 2. The van der Waals surface area contributed by atoms with E-state index < -0.39 is 11.1 Å². The number of rotatable bonds is 7. The highest BCUT2D eigenvalue weighted by molar-refractivity contribution is 7.16. The lowest BCUT2D eigenvalue weighted by Gasteiger charge is -2.09. The maximum Gasteiger partial charge on any atom is 0.426 e. The third-order valence-corrected chi connectivity index (χ3v) is 9.80. The van der Waals surface area contributed by atoms with E-state index in [0.717, 1.165) is 21.6 Å². The summed E-state index contributed by atoms with van der Waals surface area (Å²) in [5.74, 6) is 0.994. The van der Waals surface area contributed by atoms with Crippen molar-refractivity contribution in [3.63, 3.8) is 0 Å². The number of aryl methyl sites for hydroxylation is 1. The molecule has 240 valence electrons. The Hall–Kier alpha value is -5.79. The molecule has 8 aromatic rings. The lowest BCUT2D eigenvalue weighted by atomic mass is 10.0. The summed E-state index contributed by atoms with van der Waals surface area (Å²) in [7, 11) is 0. The predicted octanol–water partition coefficient (Wildman–Crippen LogP) is 10.4. The molecule has 0 N–H and O–H groups in total. The van der Waals surface area contributed by atoms with Crippen LogP contribution in [0.2, 0.25) is 0 Å². The van der Waals surface area contributed by atoms with E-state index in [9.17, 15) is 13.2 Å². The number of halogens is 3. The average molecular weight is 691 g/mol. The molecule has 0 spiro atoms. The van der Waals surface area contributed by atoms with Crippen molar-refractivity contribution in [3.05, 3.63) is 119 Å². The number of benzene rings is 2. The van der Waals surface area contributed by atoms with Crippen LogP contribution in [-0.2, 0) is 6.18 Å². The van der Waals surface area contributed by atoms with Crippen LogP contribution in [0.5, 0.6) is 0 Å². The molecule has 0 aliphatic heterocycles. The van der Waals surface area contributed by atoms with Gasteiger partial charge in [-0.25, -0.2) is 0 Å². The van der Waals surface area contributed by atoms with Gasteiger partial charge in [0.1, 0.15) is 4.88 Å². The second-order valence-corrected chi connectivity index (χ2v) is 13.0. The molecule has 0 aliphatic carbocycles. The van der Waals surface area contributed by atoms with Crippen molar-refractivity contribution in [2.75, 3.05) is 0 Å². The Bertz CT molecular complexity index is 2430. The lowest BCUT2D eigenvalue weighted by Crippen LogP contribution is -2.03. The number of hydrogen-bond acceptors (Lipinski definition) is 10. The fourth-order valence-electron chi connectivity index (χ4n) is 5.36. The van der Waals surface area contributed by atoms with Crippen LogP contribution in [0.4, 0.5) is 13.2 Å². The second-order valence-electron chi connectivity index (χ2n) is 11.0. The Kier molecular flexibility index (Phi) is 7.69. The molecule has 0 radical (unpaired) electrons. The minimum atomic E-state index is -4.61. The van der Waals surface area contributed by atoms with Crippen LogP contribution < -0.4 is 0 Å². The lowest BCUT2D eigenvalue weighted by molar-refractivity contribution is -0.133. The number of hydrogen-bond donors (Lipinski definition) is 0. The van der Waals surface area contributed by atoms with E-state index in [4.69, 9.17) is 9.05 Å². The summed E-state index contributed by atoms with van der Waals surface area (Å²) >= 11 is 2.20. The minimum absolute atomic E-state index is 0.00191. The normalized spacial score (nSPS) is 11.7. The zero-order valence-corrected chi connectivity index (χ0v) is 27.0. The molecule has 8 nitrogen and oxygen atoms in total. The maximum absolute atomic E-state index is 14.4. The molecule has 6 aromatic heterocycles. The van der Waals surface area contributed by atoms with Crippen molar-refractivity contribution in [1.82, 2.24) is 30.2 Å². The Morgan fingerprint density at radius 3 is 2.22 bits per heavy atom. The predicted molar refractivity (Wildman–Crippen MR) is 181 cm³/mol. The highest BCUT2D eigenvalue weighted by atomic mass is 32.1. The van der Waals surface area contributed by atoms with Gasteiger partial charge in [-0.2, -0.15) is 23.1 Å². The number of nitrogens with zero attached hydrogens (tertiary/aromatic N) is 6.